The Hall–Kier alpha value is -2.43. The van der Waals surface area contributed by atoms with Gasteiger partial charge in [-0.2, -0.15) is 4.72 Å². The molecule has 24 heavy (non-hydrogen) atoms. The average molecular weight is 351 g/mol. The summed E-state index contributed by atoms with van der Waals surface area (Å²) in [5.74, 6) is 3.47. The van der Waals surface area contributed by atoms with Crippen LogP contribution < -0.4 is 9.46 Å². The molecule has 0 amide bonds. The van der Waals surface area contributed by atoms with Gasteiger partial charge in [0.25, 0.3) is 0 Å². The molecule has 2 rings (SSSR count). The highest BCUT2D eigenvalue weighted by atomic mass is 32.2. The molecule has 0 radical (unpaired) electrons. The molecule has 0 saturated carbocycles. The first-order valence-corrected chi connectivity index (χ1v) is 8.47. The van der Waals surface area contributed by atoms with Crippen LogP contribution in [0.1, 0.15) is 5.56 Å². The minimum absolute atomic E-state index is 0.106. The molecule has 0 saturated heterocycles. The largest absolute Gasteiger partial charge is 0.478 e. The third-order valence-corrected chi connectivity index (χ3v) is 4.42. The van der Waals surface area contributed by atoms with Gasteiger partial charge in [-0.3, -0.25) is 0 Å². The average Bonchev–Trinajstić information content (AvgIpc) is 2.53. The number of hydrogen-bond acceptors (Lipinski definition) is 3. The lowest BCUT2D eigenvalue weighted by Gasteiger charge is -2.04. The topological polar surface area (TPSA) is 55.4 Å². The van der Waals surface area contributed by atoms with Gasteiger partial charge in [-0.1, -0.05) is 29.5 Å². The van der Waals surface area contributed by atoms with E-state index in [0.29, 0.717) is 6.07 Å². The molecule has 0 spiro atoms. The van der Waals surface area contributed by atoms with Crippen LogP contribution in [0.4, 0.5) is 8.78 Å². The van der Waals surface area contributed by atoms with Crippen LogP contribution in [0, 0.1) is 30.4 Å². The Kier molecular flexibility index (Phi) is 5.90. The van der Waals surface area contributed by atoms with E-state index in [9.17, 15) is 17.2 Å². The zero-order chi connectivity index (χ0) is 17.6. The van der Waals surface area contributed by atoms with Gasteiger partial charge in [-0.05, 0) is 31.2 Å². The molecular formula is C17H15F2NO3S. The summed E-state index contributed by atoms with van der Waals surface area (Å²) in [6.07, 6.45) is 0. The van der Waals surface area contributed by atoms with Crippen molar-refractivity contribution in [1.29, 1.82) is 0 Å². The Bertz CT molecular complexity index is 869. The fraction of sp³-hybridized carbons (Fsp3) is 0.176. The zero-order valence-corrected chi connectivity index (χ0v) is 13.7. The van der Waals surface area contributed by atoms with Crippen molar-refractivity contribution in [3.05, 3.63) is 59.7 Å². The van der Waals surface area contributed by atoms with Gasteiger partial charge in [-0.25, -0.2) is 17.2 Å². The van der Waals surface area contributed by atoms with Gasteiger partial charge in [0.05, 0.1) is 11.4 Å². The summed E-state index contributed by atoms with van der Waals surface area (Å²) in [5, 5.41) is 0. The van der Waals surface area contributed by atoms with Gasteiger partial charge in [0.15, 0.2) is 11.6 Å². The second-order valence-corrected chi connectivity index (χ2v) is 6.62. The Morgan fingerprint density at radius 1 is 1.08 bits per heavy atom. The van der Waals surface area contributed by atoms with E-state index in [1.54, 1.807) is 12.1 Å². The van der Waals surface area contributed by atoms with Crippen molar-refractivity contribution in [3.8, 4) is 17.6 Å². The Balaban J connectivity index is 1.84. The SMILES string of the molecule is Cc1ccc(S(=O)(=O)NCC#CCOc2ccc(F)cc2F)cc1. The summed E-state index contributed by atoms with van der Waals surface area (Å²) < 4.78 is 57.3. The second kappa shape index (κ2) is 7.90. The van der Waals surface area contributed by atoms with E-state index in [2.05, 4.69) is 16.6 Å². The molecule has 4 nitrogen and oxygen atoms in total. The number of benzene rings is 2. The van der Waals surface area contributed by atoms with Crippen LogP contribution in [0.5, 0.6) is 5.75 Å². The maximum Gasteiger partial charge on any atom is 0.241 e. The number of ether oxygens (including phenoxy) is 1. The number of halogens is 2. The van der Waals surface area contributed by atoms with Crippen molar-refractivity contribution in [2.75, 3.05) is 13.2 Å². The van der Waals surface area contributed by atoms with Gasteiger partial charge in [0.2, 0.25) is 10.0 Å². The molecule has 7 heteroatoms. The van der Waals surface area contributed by atoms with Gasteiger partial charge in [0.1, 0.15) is 12.4 Å². The Labute approximate surface area is 139 Å². The van der Waals surface area contributed by atoms with Gasteiger partial charge in [-0.15, -0.1) is 0 Å². The minimum atomic E-state index is -3.62. The first-order chi connectivity index (χ1) is 11.4. The minimum Gasteiger partial charge on any atom is -0.478 e. The first-order valence-electron chi connectivity index (χ1n) is 6.98. The second-order valence-electron chi connectivity index (χ2n) is 4.85. The normalized spacial score (nSPS) is 10.8. The van der Waals surface area contributed by atoms with Gasteiger partial charge >= 0.3 is 0 Å². The number of rotatable bonds is 5. The quantitative estimate of drug-likeness (QED) is 0.843. The van der Waals surface area contributed by atoms with Crippen LogP contribution in [0.25, 0.3) is 0 Å². The Morgan fingerprint density at radius 2 is 1.79 bits per heavy atom. The van der Waals surface area contributed by atoms with Crippen molar-refractivity contribution >= 4 is 10.0 Å². The van der Waals surface area contributed by atoms with Crippen LogP contribution in [-0.2, 0) is 10.0 Å². The molecule has 0 heterocycles. The van der Waals surface area contributed by atoms with Crippen LogP contribution in [-0.4, -0.2) is 21.6 Å². The van der Waals surface area contributed by atoms with Crippen molar-refractivity contribution in [2.24, 2.45) is 0 Å². The number of nitrogens with one attached hydrogen (secondary N) is 1. The van der Waals surface area contributed by atoms with E-state index in [1.807, 2.05) is 6.92 Å². The molecule has 1 N–H and O–H groups in total. The highest BCUT2D eigenvalue weighted by Gasteiger charge is 2.11. The summed E-state index contributed by atoms with van der Waals surface area (Å²) >= 11 is 0. The monoisotopic (exact) mass is 351 g/mol. The molecule has 0 unspecified atom stereocenters. The van der Waals surface area contributed by atoms with Gasteiger partial charge < -0.3 is 4.74 Å². The van der Waals surface area contributed by atoms with E-state index in [0.717, 1.165) is 17.7 Å². The van der Waals surface area contributed by atoms with E-state index < -0.39 is 21.7 Å². The van der Waals surface area contributed by atoms with E-state index in [-0.39, 0.29) is 23.8 Å². The number of hydrogen-bond donors (Lipinski definition) is 1. The van der Waals surface area contributed by atoms with Crippen LogP contribution >= 0.6 is 0 Å². The molecule has 0 aliphatic heterocycles. The molecule has 0 fully saturated rings. The zero-order valence-electron chi connectivity index (χ0n) is 12.8. The third kappa shape index (κ3) is 5.05. The highest BCUT2D eigenvalue weighted by Crippen LogP contribution is 2.17. The summed E-state index contributed by atoms with van der Waals surface area (Å²) in [5.41, 5.74) is 0.957. The fourth-order valence-corrected chi connectivity index (χ4v) is 2.67. The Morgan fingerprint density at radius 3 is 2.46 bits per heavy atom. The van der Waals surface area contributed by atoms with Crippen LogP contribution in [0.2, 0.25) is 0 Å². The molecule has 0 aliphatic carbocycles. The molecule has 2 aromatic rings. The molecule has 0 aromatic heterocycles. The van der Waals surface area contributed by atoms with E-state index >= 15 is 0 Å². The lowest BCUT2D eigenvalue weighted by Crippen LogP contribution is -2.24. The molecule has 0 bridgehead atoms. The summed E-state index contributed by atoms with van der Waals surface area (Å²) in [6.45, 7) is 1.61. The lowest BCUT2D eigenvalue weighted by atomic mass is 10.2. The number of sulfonamides is 1. The third-order valence-electron chi connectivity index (χ3n) is 3.00. The van der Waals surface area contributed by atoms with Crippen molar-refractivity contribution in [1.82, 2.24) is 4.72 Å². The fourth-order valence-electron chi connectivity index (χ4n) is 1.75. The maximum absolute atomic E-state index is 13.3. The summed E-state index contributed by atoms with van der Waals surface area (Å²) in [6, 6.07) is 9.35. The highest BCUT2D eigenvalue weighted by molar-refractivity contribution is 7.89. The van der Waals surface area contributed by atoms with Crippen LogP contribution in [0.3, 0.4) is 0 Å². The summed E-state index contributed by atoms with van der Waals surface area (Å²) in [4.78, 5) is 0.152. The molecule has 126 valence electrons. The van der Waals surface area contributed by atoms with E-state index in [4.69, 9.17) is 4.74 Å². The lowest BCUT2D eigenvalue weighted by molar-refractivity contribution is 0.346. The van der Waals surface area contributed by atoms with Gasteiger partial charge in [0, 0.05) is 6.07 Å². The molecule has 0 atom stereocenters. The van der Waals surface area contributed by atoms with Crippen LogP contribution in [0.15, 0.2) is 47.4 Å². The number of aryl methyl sites for hydroxylation is 1. The first kappa shape index (κ1) is 17.9. The standard InChI is InChI=1S/C17H15F2NO3S/c1-13-4-7-15(8-5-13)24(21,22)20-10-2-3-11-23-17-9-6-14(18)12-16(17)19/h4-9,12,20H,10-11H2,1H3. The summed E-state index contributed by atoms with van der Waals surface area (Å²) in [7, 11) is -3.62. The van der Waals surface area contributed by atoms with Crippen molar-refractivity contribution in [3.63, 3.8) is 0 Å². The predicted octanol–water partition coefficient (Wildman–Crippen LogP) is 2.63. The van der Waals surface area contributed by atoms with Crippen molar-refractivity contribution in [2.45, 2.75) is 11.8 Å². The molecule has 0 aliphatic rings. The smallest absolute Gasteiger partial charge is 0.241 e. The maximum atomic E-state index is 13.3. The predicted molar refractivity (Wildman–Crippen MR) is 86.0 cm³/mol. The van der Waals surface area contributed by atoms with Crippen molar-refractivity contribution < 1.29 is 21.9 Å². The molecule has 2 aromatic carbocycles. The van der Waals surface area contributed by atoms with E-state index in [1.165, 1.54) is 12.1 Å². The molecular weight excluding hydrogens is 336 g/mol.